The summed E-state index contributed by atoms with van der Waals surface area (Å²) in [5, 5.41) is 22.5. The monoisotopic (exact) mass is 378 g/mol. The Hall–Kier alpha value is -4.20. The Labute approximate surface area is 158 Å². The number of carbonyl (C=O) groups is 2. The first-order valence-corrected chi connectivity index (χ1v) is 7.97. The average molecular weight is 378 g/mol. The Morgan fingerprint density at radius 2 is 1.82 bits per heavy atom. The van der Waals surface area contributed by atoms with E-state index in [1.807, 2.05) is 0 Å². The van der Waals surface area contributed by atoms with Gasteiger partial charge in [-0.05, 0) is 48.0 Å². The molecule has 0 aliphatic rings. The Morgan fingerprint density at radius 1 is 1.07 bits per heavy atom. The van der Waals surface area contributed by atoms with Crippen molar-refractivity contribution < 1.29 is 28.8 Å². The molecule has 0 aliphatic heterocycles. The van der Waals surface area contributed by atoms with E-state index in [4.69, 9.17) is 9.15 Å². The lowest BCUT2D eigenvalue weighted by Crippen LogP contribution is -2.07. The number of furan rings is 1. The topological polar surface area (TPSA) is 123 Å². The fourth-order valence-electron chi connectivity index (χ4n) is 2.28. The number of nitro benzene ring substituents is 1. The van der Waals surface area contributed by atoms with Crippen molar-refractivity contribution in [2.75, 3.05) is 0 Å². The van der Waals surface area contributed by atoms with Crippen LogP contribution in [0.4, 0.5) is 5.69 Å². The number of ketones is 1. The lowest BCUT2D eigenvalue weighted by Gasteiger charge is -2.09. The highest BCUT2D eigenvalue weighted by molar-refractivity contribution is 6.07. The van der Waals surface area contributed by atoms with Crippen LogP contribution >= 0.6 is 0 Å². The van der Waals surface area contributed by atoms with Gasteiger partial charge in [0.2, 0.25) is 5.76 Å². The maximum absolute atomic E-state index is 12.2. The lowest BCUT2D eigenvalue weighted by molar-refractivity contribution is -0.385. The zero-order valence-corrected chi connectivity index (χ0v) is 14.2. The number of rotatable bonds is 6. The van der Waals surface area contributed by atoms with E-state index in [0.29, 0.717) is 0 Å². The van der Waals surface area contributed by atoms with Crippen molar-refractivity contribution in [2.45, 2.75) is 0 Å². The van der Waals surface area contributed by atoms with Gasteiger partial charge in [-0.3, -0.25) is 14.9 Å². The number of carbonyl (C=O) groups excluding carboxylic acids is 2. The quantitative estimate of drug-likeness (QED) is 0.161. The van der Waals surface area contributed by atoms with Gasteiger partial charge in [0.05, 0.1) is 11.2 Å². The number of hydrogen-bond donors (Lipinski definition) is 0. The molecule has 0 atom stereocenters. The fraction of sp³-hybridized carbons (Fsp3) is 0. The molecule has 0 N–H and O–H groups in total. The molecule has 0 bridgehead atoms. The fourth-order valence-corrected chi connectivity index (χ4v) is 2.28. The SMILES string of the molecule is O=C(/C=C/c1cc([N+](=O)[O-])ccc1[O-])c1ccc(OC(=O)c2ccco2)cc1. The highest BCUT2D eigenvalue weighted by Gasteiger charge is 2.12. The second-order valence-electron chi connectivity index (χ2n) is 5.57. The predicted octanol–water partition coefficient (Wildman–Crippen LogP) is 3.38. The molecule has 0 fully saturated rings. The standard InChI is InChI=1S/C20H13NO7/c22-17(9-5-14-12-15(21(25)26)6-10-18(14)23)13-3-7-16(8-4-13)28-20(24)19-2-1-11-27-19/h1-12,23H/p-1/b9-5+. The molecule has 0 spiro atoms. The Balaban J connectivity index is 1.69. The first kappa shape index (κ1) is 18.6. The number of benzene rings is 2. The predicted molar refractivity (Wildman–Crippen MR) is 96.0 cm³/mol. The van der Waals surface area contributed by atoms with Crippen molar-refractivity contribution in [3.8, 4) is 11.5 Å². The average Bonchev–Trinajstić information content (AvgIpc) is 3.22. The third-order valence-corrected chi connectivity index (χ3v) is 3.69. The van der Waals surface area contributed by atoms with E-state index in [1.165, 1.54) is 42.7 Å². The maximum atomic E-state index is 12.2. The third-order valence-electron chi connectivity index (χ3n) is 3.69. The van der Waals surface area contributed by atoms with Crippen LogP contribution in [0.2, 0.25) is 0 Å². The number of hydrogen-bond acceptors (Lipinski definition) is 7. The smallest absolute Gasteiger partial charge is 0.379 e. The molecule has 3 rings (SSSR count). The van der Waals surface area contributed by atoms with Crippen LogP contribution in [0.1, 0.15) is 26.5 Å². The Bertz CT molecular complexity index is 1050. The van der Waals surface area contributed by atoms with Crippen molar-refractivity contribution in [3.63, 3.8) is 0 Å². The van der Waals surface area contributed by atoms with Crippen LogP contribution in [0.3, 0.4) is 0 Å². The van der Waals surface area contributed by atoms with E-state index in [-0.39, 0.29) is 28.3 Å². The van der Waals surface area contributed by atoms with Gasteiger partial charge in [-0.1, -0.05) is 12.1 Å². The van der Waals surface area contributed by atoms with Gasteiger partial charge in [0.25, 0.3) is 5.69 Å². The Kier molecular flexibility index (Phi) is 5.31. The van der Waals surface area contributed by atoms with Gasteiger partial charge >= 0.3 is 5.97 Å². The van der Waals surface area contributed by atoms with Crippen LogP contribution < -0.4 is 9.84 Å². The summed E-state index contributed by atoms with van der Waals surface area (Å²) in [5.41, 5.74) is 0.0768. The summed E-state index contributed by atoms with van der Waals surface area (Å²) < 4.78 is 10.0. The summed E-state index contributed by atoms with van der Waals surface area (Å²) in [6, 6.07) is 12.1. The summed E-state index contributed by atoms with van der Waals surface area (Å²) in [4.78, 5) is 34.2. The molecular formula is C20H12NO7-. The van der Waals surface area contributed by atoms with Crippen LogP contribution in [0, 0.1) is 10.1 Å². The minimum atomic E-state index is -0.669. The van der Waals surface area contributed by atoms with Gasteiger partial charge in [-0.15, -0.1) is 5.75 Å². The van der Waals surface area contributed by atoms with E-state index in [0.717, 1.165) is 24.3 Å². The molecule has 140 valence electrons. The van der Waals surface area contributed by atoms with Crippen molar-refractivity contribution >= 4 is 23.5 Å². The minimum absolute atomic E-state index is 0.0338. The zero-order valence-electron chi connectivity index (χ0n) is 14.2. The molecule has 8 nitrogen and oxygen atoms in total. The van der Waals surface area contributed by atoms with E-state index < -0.39 is 22.4 Å². The number of nitro groups is 1. The molecular weight excluding hydrogens is 366 g/mol. The van der Waals surface area contributed by atoms with Crippen LogP contribution in [-0.4, -0.2) is 16.7 Å². The van der Waals surface area contributed by atoms with Crippen LogP contribution in [0.15, 0.2) is 71.4 Å². The first-order valence-electron chi connectivity index (χ1n) is 7.97. The summed E-state index contributed by atoms with van der Waals surface area (Å²) in [7, 11) is 0. The van der Waals surface area contributed by atoms with Crippen molar-refractivity contribution in [3.05, 3.63) is 93.9 Å². The summed E-state index contributed by atoms with van der Waals surface area (Å²) in [5.74, 6) is -1.25. The molecule has 3 aromatic rings. The summed E-state index contributed by atoms with van der Waals surface area (Å²) >= 11 is 0. The van der Waals surface area contributed by atoms with Gasteiger partial charge in [-0.2, -0.15) is 0 Å². The molecule has 1 aromatic heterocycles. The minimum Gasteiger partial charge on any atom is -0.872 e. The van der Waals surface area contributed by atoms with E-state index in [9.17, 15) is 24.8 Å². The molecule has 1 heterocycles. The molecule has 0 aliphatic carbocycles. The number of ether oxygens (including phenoxy) is 1. The maximum Gasteiger partial charge on any atom is 0.379 e. The molecule has 0 unspecified atom stereocenters. The number of esters is 1. The number of non-ortho nitro benzene ring substituents is 1. The lowest BCUT2D eigenvalue weighted by atomic mass is 10.1. The van der Waals surface area contributed by atoms with Crippen molar-refractivity contribution in [1.29, 1.82) is 0 Å². The van der Waals surface area contributed by atoms with Crippen LogP contribution in [0.25, 0.3) is 6.08 Å². The van der Waals surface area contributed by atoms with E-state index in [1.54, 1.807) is 6.07 Å². The molecule has 0 saturated carbocycles. The molecule has 2 aromatic carbocycles. The largest absolute Gasteiger partial charge is 0.872 e. The summed E-state index contributed by atoms with van der Waals surface area (Å²) in [6.45, 7) is 0. The molecule has 0 amide bonds. The molecule has 0 saturated heterocycles. The molecule has 28 heavy (non-hydrogen) atoms. The van der Waals surface area contributed by atoms with Gasteiger partial charge in [-0.25, -0.2) is 4.79 Å². The van der Waals surface area contributed by atoms with E-state index >= 15 is 0 Å². The van der Waals surface area contributed by atoms with Gasteiger partial charge < -0.3 is 14.3 Å². The summed E-state index contributed by atoms with van der Waals surface area (Å²) in [6.07, 6.45) is 3.71. The van der Waals surface area contributed by atoms with Crippen molar-refractivity contribution in [1.82, 2.24) is 0 Å². The molecule has 0 radical (unpaired) electrons. The number of allylic oxidation sites excluding steroid dienone is 1. The molecule has 8 heteroatoms. The normalized spacial score (nSPS) is 10.7. The van der Waals surface area contributed by atoms with Crippen molar-refractivity contribution in [2.24, 2.45) is 0 Å². The first-order chi connectivity index (χ1) is 13.4. The zero-order chi connectivity index (χ0) is 20.1. The Morgan fingerprint density at radius 3 is 2.46 bits per heavy atom. The van der Waals surface area contributed by atoms with Gasteiger partial charge in [0.1, 0.15) is 5.75 Å². The van der Waals surface area contributed by atoms with E-state index in [2.05, 4.69) is 0 Å². The van der Waals surface area contributed by atoms with Crippen LogP contribution in [0.5, 0.6) is 11.5 Å². The second-order valence-corrected chi connectivity index (χ2v) is 5.57. The third kappa shape index (κ3) is 4.31. The van der Waals surface area contributed by atoms with Crippen LogP contribution in [-0.2, 0) is 0 Å². The second kappa shape index (κ2) is 8.00. The number of nitrogens with zero attached hydrogens (tertiary/aromatic N) is 1. The van der Waals surface area contributed by atoms with Gasteiger partial charge in [0, 0.05) is 17.7 Å². The van der Waals surface area contributed by atoms with Gasteiger partial charge in [0.15, 0.2) is 5.78 Å². The highest BCUT2D eigenvalue weighted by Crippen LogP contribution is 2.22. The highest BCUT2D eigenvalue weighted by atomic mass is 16.6.